The Morgan fingerprint density at radius 3 is 1.08 bits per heavy atom. The number of carbonyl (C=O) groups excluding carboxylic acids is 6. The van der Waals surface area contributed by atoms with E-state index in [1.54, 1.807) is 35.3 Å². The van der Waals surface area contributed by atoms with Gasteiger partial charge in [-0.3, -0.25) is 28.8 Å². The molecular weight excluding hydrogens is 837 g/mol. The highest BCUT2D eigenvalue weighted by Crippen LogP contribution is 2.35. The van der Waals surface area contributed by atoms with Crippen molar-refractivity contribution in [1.82, 2.24) is 0 Å². The summed E-state index contributed by atoms with van der Waals surface area (Å²) in [4.78, 5) is 71.9. The maximum absolute atomic E-state index is 11.4. The summed E-state index contributed by atoms with van der Waals surface area (Å²) in [7, 11) is 0. The van der Waals surface area contributed by atoms with Crippen molar-refractivity contribution in [2.75, 3.05) is 18.8 Å². The summed E-state index contributed by atoms with van der Waals surface area (Å²) in [6.07, 6.45) is 9.59. The third-order valence-corrected chi connectivity index (χ3v) is 11.0. The smallest absolute Gasteiger partial charge is 0.140 e. The molecule has 3 aromatic carbocycles. The topological polar surface area (TPSA) is 102 Å². The van der Waals surface area contributed by atoms with Crippen LogP contribution in [0.15, 0.2) is 87.5 Å². The zero-order chi connectivity index (χ0) is 46.6. The predicted molar refractivity (Wildman–Crippen MR) is 280 cm³/mol. The van der Waals surface area contributed by atoms with Crippen molar-refractivity contribution in [3.63, 3.8) is 0 Å². The van der Waals surface area contributed by atoms with Crippen molar-refractivity contribution >= 4 is 95.2 Å². The summed E-state index contributed by atoms with van der Waals surface area (Å²) in [6.45, 7) is 24.0. The first-order chi connectivity index (χ1) is 29.1. The Morgan fingerprint density at radius 2 is 0.714 bits per heavy atom. The van der Waals surface area contributed by atoms with Gasteiger partial charge >= 0.3 is 0 Å². The van der Waals surface area contributed by atoms with Crippen LogP contribution < -0.4 is 0 Å². The Kier molecular flexibility index (Phi) is 51.7. The second kappa shape index (κ2) is 45.5. The van der Waals surface area contributed by atoms with Gasteiger partial charge in [0, 0.05) is 78.5 Å². The minimum absolute atomic E-state index is 0. The van der Waals surface area contributed by atoms with Crippen LogP contribution in [0.1, 0.15) is 175 Å². The molecule has 0 amide bonds. The monoisotopic (exact) mass is 916 g/mol. The van der Waals surface area contributed by atoms with E-state index in [1.165, 1.54) is 14.7 Å². The molecule has 0 aliphatic heterocycles. The average Bonchev–Trinajstić information content (AvgIpc) is 3.30. The normalized spacial score (nSPS) is 14.1. The molecule has 0 heterocycles. The standard InChI is InChI=1S/3C13H14O2S.6C2H6.3B/c1-16-13-4-2-9(3-5-13)10-6-11(14)8-12(15)7-10;1-16-13-4-2-3-9(7-13)10-5-11(14)8-12(15)6-10;1-16-13-5-3-2-4-12(13)9-6-10(14)8-11(15)7-9;6*1-2;;;/h2-5,10H,6-8H2,1H3;2-4,7,10H,5-6,8H2,1H3;2-5,9H,6-8H2,1H3;6*1-2H3;;;. The van der Waals surface area contributed by atoms with Crippen LogP contribution in [-0.2, 0) is 28.8 Å². The lowest BCUT2D eigenvalue weighted by Crippen LogP contribution is -2.21. The molecule has 3 aliphatic carbocycles. The summed E-state index contributed by atoms with van der Waals surface area (Å²) < 4.78 is 0. The van der Waals surface area contributed by atoms with Crippen molar-refractivity contribution in [3.8, 4) is 0 Å². The number of thioether (sulfide) groups is 3. The number of benzene rings is 3. The molecule has 6 rings (SSSR count). The van der Waals surface area contributed by atoms with E-state index in [1.807, 2.05) is 169 Å². The van der Waals surface area contributed by atoms with Crippen LogP contribution in [0.3, 0.4) is 0 Å². The van der Waals surface area contributed by atoms with Gasteiger partial charge < -0.3 is 0 Å². The Morgan fingerprint density at radius 1 is 0.365 bits per heavy atom. The predicted octanol–water partition coefficient (Wildman–Crippen LogP) is 13.5. The molecule has 0 unspecified atom stereocenters. The van der Waals surface area contributed by atoms with Gasteiger partial charge in [-0.15, -0.1) is 35.3 Å². The molecule has 3 aliphatic rings. The molecule has 63 heavy (non-hydrogen) atoms. The SMILES string of the molecule is CC.CC.CC.CC.CC.CC.CSc1ccc(C2CC(=O)CC(=O)C2)cc1.CSc1cccc(C2CC(=O)CC(=O)C2)c1.CSc1ccccc1C1CC(=O)CC(=O)C1.[B].[B].[B]. The Labute approximate surface area is 403 Å². The number of carbonyl (C=O) groups is 6. The first-order valence-corrected chi connectivity index (χ1v) is 25.8. The molecule has 0 saturated heterocycles. The maximum atomic E-state index is 11.4. The largest absolute Gasteiger partial charge is 0.299 e. The number of Topliss-reactive ketones (excluding diaryl/α,β-unsaturated/α-hetero) is 6. The van der Waals surface area contributed by atoms with Crippen LogP contribution in [-0.4, -0.2) is 78.7 Å². The molecule has 3 saturated carbocycles. The van der Waals surface area contributed by atoms with Crippen LogP contribution in [0.5, 0.6) is 0 Å². The van der Waals surface area contributed by atoms with E-state index in [4.69, 9.17) is 0 Å². The van der Waals surface area contributed by atoms with Gasteiger partial charge in [0.15, 0.2) is 0 Å². The van der Waals surface area contributed by atoms with Gasteiger partial charge in [0.05, 0.1) is 19.3 Å². The summed E-state index contributed by atoms with van der Waals surface area (Å²) >= 11 is 5.04. The van der Waals surface area contributed by atoms with Crippen molar-refractivity contribution in [3.05, 3.63) is 89.5 Å². The van der Waals surface area contributed by atoms with Gasteiger partial charge in [0.1, 0.15) is 34.7 Å². The minimum atomic E-state index is 0. The zero-order valence-corrected chi connectivity index (χ0v) is 43.9. The highest BCUT2D eigenvalue weighted by Gasteiger charge is 2.29. The molecule has 345 valence electrons. The second-order valence-corrected chi connectivity index (χ2v) is 15.0. The third kappa shape index (κ3) is 28.4. The van der Waals surface area contributed by atoms with Crippen LogP contribution in [0.25, 0.3) is 0 Å². The van der Waals surface area contributed by atoms with E-state index in [0.717, 1.165) is 16.7 Å². The molecular formula is C51H78B3O6S3. The molecule has 0 N–H and O–H groups in total. The summed E-state index contributed by atoms with van der Waals surface area (Å²) in [5.74, 6) is 0.772. The fourth-order valence-electron chi connectivity index (χ4n) is 6.42. The van der Waals surface area contributed by atoms with E-state index in [9.17, 15) is 28.8 Å². The molecule has 9 radical (unpaired) electrons. The minimum Gasteiger partial charge on any atom is -0.299 e. The maximum Gasteiger partial charge on any atom is 0.140 e. The number of hydrogen-bond acceptors (Lipinski definition) is 9. The molecule has 0 aromatic heterocycles. The van der Waals surface area contributed by atoms with Crippen molar-refractivity contribution < 1.29 is 28.8 Å². The summed E-state index contributed by atoms with van der Waals surface area (Å²) in [5.41, 5.74) is 3.38. The lowest BCUT2D eigenvalue weighted by Gasteiger charge is -2.22. The number of rotatable bonds is 6. The Bertz CT molecular complexity index is 1620. The van der Waals surface area contributed by atoms with Crippen LogP contribution in [0.2, 0.25) is 0 Å². The van der Waals surface area contributed by atoms with Crippen LogP contribution in [0, 0.1) is 0 Å². The molecule has 6 nitrogen and oxygen atoms in total. The van der Waals surface area contributed by atoms with Gasteiger partial charge in [0.25, 0.3) is 0 Å². The number of ketones is 6. The Hall–Kier alpha value is -3.08. The molecule has 12 heteroatoms. The van der Waals surface area contributed by atoms with E-state index in [-0.39, 0.29) is 97.0 Å². The molecule has 0 atom stereocenters. The lowest BCUT2D eigenvalue weighted by molar-refractivity contribution is -0.131. The fourth-order valence-corrected chi connectivity index (χ4v) is 7.99. The first-order valence-electron chi connectivity index (χ1n) is 22.1. The lowest BCUT2D eigenvalue weighted by atomic mass is 9.83. The quantitative estimate of drug-likeness (QED) is 0.136. The third-order valence-electron chi connectivity index (χ3n) is 8.76. The van der Waals surface area contributed by atoms with Gasteiger partial charge in [-0.2, -0.15) is 0 Å². The first kappa shape index (κ1) is 71.6. The van der Waals surface area contributed by atoms with E-state index in [2.05, 4.69) is 6.07 Å². The van der Waals surface area contributed by atoms with Crippen molar-refractivity contribution in [2.24, 2.45) is 0 Å². The van der Waals surface area contributed by atoms with Crippen LogP contribution in [0.4, 0.5) is 0 Å². The second-order valence-electron chi connectivity index (χ2n) is 12.4. The highest BCUT2D eigenvalue weighted by molar-refractivity contribution is 7.99. The van der Waals surface area contributed by atoms with Crippen molar-refractivity contribution in [2.45, 2.75) is 173 Å². The van der Waals surface area contributed by atoms with Gasteiger partial charge in [-0.1, -0.05) is 126 Å². The van der Waals surface area contributed by atoms with E-state index in [0.29, 0.717) is 38.5 Å². The molecule has 3 fully saturated rings. The van der Waals surface area contributed by atoms with Crippen molar-refractivity contribution in [1.29, 1.82) is 0 Å². The molecule has 0 bridgehead atoms. The van der Waals surface area contributed by atoms with Crippen LogP contribution >= 0.6 is 35.3 Å². The van der Waals surface area contributed by atoms with E-state index < -0.39 is 0 Å². The van der Waals surface area contributed by atoms with Gasteiger partial charge in [-0.25, -0.2) is 0 Å². The Balaban J connectivity index is -0.000000169. The van der Waals surface area contributed by atoms with Gasteiger partial charge in [-0.05, 0) is 83.5 Å². The summed E-state index contributed by atoms with van der Waals surface area (Å²) in [5, 5.41) is 0. The fraction of sp³-hybridized carbons (Fsp3) is 0.529. The van der Waals surface area contributed by atoms with E-state index >= 15 is 0 Å². The summed E-state index contributed by atoms with van der Waals surface area (Å²) in [6, 6.07) is 24.3. The van der Waals surface area contributed by atoms with Gasteiger partial charge in [0.2, 0.25) is 0 Å². The molecule has 3 aromatic rings. The zero-order valence-electron chi connectivity index (χ0n) is 41.4. The molecule has 0 spiro atoms. The number of hydrogen-bond donors (Lipinski definition) is 0. The average molecular weight is 916 g/mol. The highest BCUT2D eigenvalue weighted by atomic mass is 32.2.